The van der Waals surface area contributed by atoms with Crippen LogP contribution in [0.4, 0.5) is 0 Å². The lowest BCUT2D eigenvalue weighted by Crippen LogP contribution is -2.26. The second-order valence-electron chi connectivity index (χ2n) is 9.08. The van der Waals surface area contributed by atoms with Crippen LogP contribution in [0.1, 0.15) is 49.0 Å². The van der Waals surface area contributed by atoms with Crippen LogP contribution in [-0.2, 0) is 19.4 Å². The Labute approximate surface area is 174 Å². The second-order valence-corrected chi connectivity index (χ2v) is 10.2. The van der Waals surface area contributed by atoms with Crippen molar-refractivity contribution in [2.24, 2.45) is 11.3 Å². The first-order chi connectivity index (χ1) is 13.9. The molecular formula is C23H26N4OS. The summed E-state index contributed by atoms with van der Waals surface area (Å²) in [4.78, 5) is 12.1. The first-order valence-electron chi connectivity index (χ1n) is 10.2. The molecule has 0 spiro atoms. The van der Waals surface area contributed by atoms with Crippen LogP contribution in [0, 0.1) is 18.3 Å². The summed E-state index contributed by atoms with van der Waals surface area (Å²) in [6.45, 7) is 9.46. The van der Waals surface area contributed by atoms with Crippen LogP contribution < -0.4 is 4.74 Å². The maximum Gasteiger partial charge on any atom is 0.189 e. The Balaban J connectivity index is 1.49. The zero-order chi connectivity index (χ0) is 20.2. The van der Waals surface area contributed by atoms with Crippen molar-refractivity contribution in [3.8, 4) is 5.75 Å². The minimum atomic E-state index is 0.339. The average molecular weight is 407 g/mol. The van der Waals surface area contributed by atoms with Gasteiger partial charge in [0.25, 0.3) is 0 Å². The smallest absolute Gasteiger partial charge is 0.189 e. The van der Waals surface area contributed by atoms with Gasteiger partial charge in [0.2, 0.25) is 0 Å². The number of hydrogen-bond donors (Lipinski definition) is 0. The maximum atomic E-state index is 5.95. The SMILES string of the molecule is Cc1ccccc1OCc1nc2c3c4c(sc3ncn2n1)C[C@H](C(C)(C)C)CC4. The van der Waals surface area contributed by atoms with Crippen molar-refractivity contribution in [2.45, 2.75) is 53.6 Å². The molecule has 5 rings (SSSR count). The van der Waals surface area contributed by atoms with Gasteiger partial charge in [-0.1, -0.05) is 39.0 Å². The summed E-state index contributed by atoms with van der Waals surface area (Å²) >= 11 is 1.83. The fourth-order valence-corrected chi connectivity index (χ4v) is 5.54. The van der Waals surface area contributed by atoms with Gasteiger partial charge in [-0.3, -0.25) is 0 Å². The Kier molecular flexibility index (Phi) is 4.35. The van der Waals surface area contributed by atoms with E-state index in [1.54, 1.807) is 6.33 Å². The van der Waals surface area contributed by atoms with E-state index in [1.807, 2.05) is 47.0 Å². The molecule has 0 unspecified atom stereocenters. The first-order valence-corrected chi connectivity index (χ1v) is 11.0. The van der Waals surface area contributed by atoms with E-state index in [9.17, 15) is 0 Å². The van der Waals surface area contributed by atoms with E-state index in [2.05, 4.69) is 30.9 Å². The van der Waals surface area contributed by atoms with Gasteiger partial charge in [-0.15, -0.1) is 16.4 Å². The standard InChI is InChI=1S/C23H26N4OS/c1-14-7-5-6-8-17(14)28-12-19-25-21-20-16-10-9-15(23(2,3)4)11-18(16)29-22(20)24-13-27(21)26-19/h5-8,13,15H,9-12H2,1-4H3/t15-/m1/s1. The fourth-order valence-electron chi connectivity index (χ4n) is 4.28. The minimum Gasteiger partial charge on any atom is -0.485 e. The van der Waals surface area contributed by atoms with Gasteiger partial charge in [0, 0.05) is 4.88 Å². The van der Waals surface area contributed by atoms with Gasteiger partial charge in [-0.2, -0.15) is 0 Å². The van der Waals surface area contributed by atoms with Crippen LogP contribution >= 0.6 is 11.3 Å². The van der Waals surface area contributed by atoms with Gasteiger partial charge >= 0.3 is 0 Å². The molecule has 1 aromatic carbocycles. The predicted molar refractivity (Wildman–Crippen MR) is 117 cm³/mol. The highest BCUT2D eigenvalue weighted by molar-refractivity contribution is 7.19. The maximum absolute atomic E-state index is 5.95. The Morgan fingerprint density at radius 1 is 1.24 bits per heavy atom. The number of aryl methyl sites for hydroxylation is 2. The fraction of sp³-hybridized carbons (Fsp3) is 0.435. The van der Waals surface area contributed by atoms with Gasteiger partial charge in [0.15, 0.2) is 11.5 Å². The van der Waals surface area contributed by atoms with Crippen LogP contribution in [0.5, 0.6) is 5.75 Å². The molecule has 4 aromatic rings. The lowest BCUT2D eigenvalue weighted by Gasteiger charge is -2.33. The normalized spacial score (nSPS) is 17.0. The molecule has 29 heavy (non-hydrogen) atoms. The summed E-state index contributed by atoms with van der Waals surface area (Å²) in [6, 6.07) is 8.02. The van der Waals surface area contributed by atoms with E-state index >= 15 is 0 Å². The number of ether oxygens (including phenoxy) is 1. The van der Waals surface area contributed by atoms with Crippen LogP contribution in [0.2, 0.25) is 0 Å². The molecule has 0 amide bonds. The van der Waals surface area contributed by atoms with Crippen molar-refractivity contribution in [1.29, 1.82) is 0 Å². The van der Waals surface area contributed by atoms with Crippen LogP contribution in [0.15, 0.2) is 30.6 Å². The molecule has 150 valence electrons. The monoisotopic (exact) mass is 406 g/mol. The van der Waals surface area contributed by atoms with E-state index in [0.717, 1.165) is 40.6 Å². The summed E-state index contributed by atoms with van der Waals surface area (Å²) in [5.74, 6) is 2.27. The third-order valence-corrected chi connectivity index (χ3v) is 7.27. The molecule has 3 aromatic heterocycles. The zero-order valence-electron chi connectivity index (χ0n) is 17.4. The molecule has 1 atom stereocenters. The molecular weight excluding hydrogens is 380 g/mol. The highest BCUT2D eigenvalue weighted by Gasteiger charge is 2.31. The molecule has 0 saturated heterocycles. The largest absolute Gasteiger partial charge is 0.485 e. The average Bonchev–Trinajstić information content (AvgIpc) is 3.26. The molecule has 6 heteroatoms. The molecule has 0 bridgehead atoms. The Morgan fingerprint density at radius 3 is 2.86 bits per heavy atom. The second kappa shape index (κ2) is 6.80. The van der Waals surface area contributed by atoms with Crippen molar-refractivity contribution >= 4 is 27.2 Å². The van der Waals surface area contributed by atoms with Crippen molar-refractivity contribution in [3.63, 3.8) is 0 Å². The van der Waals surface area contributed by atoms with Crippen LogP contribution in [0.25, 0.3) is 15.9 Å². The number of thiophene rings is 1. The van der Waals surface area contributed by atoms with Crippen molar-refractivity contribution in [1.82, 2.24) is 19.6 Å². The predicted octanol–water partition coefficient (Wildman–Crippen LogP) is 5.38. The van der Waals surface area contributed by atoms with Gasteiger partial charge in [0.1, 0.15) is 23.5 Å². The van der Waals surface area contributed by atoms with E-state index in [-0.39, 0.29) is 0 Å². The number of nitrogens with zero attached hydrogens (tertiary/aromatic N) is 4. The number of benzene rings is 1. The summed E-state index contributed by atoms with van der Waals surface area (Å²) in [5.41, 5.74) is 3.79. The number of hydrogen-bond acceptors (Lipinski definition) is 5. The number of fused-ring (bicyclic) bond motifs is 5. The van der Waals surface area contributed by atoms with Crippen molar-refractivity contribution < 1.29 is 4.74 Å². The van der Waals surface area contributed by atoms with Gasteiger partial charge in [-0.25, -0.2) is 14.5 Å². The number of aromatic nitrogens is 4. The molecule has 0 aliphatic heterocycles. The quantitative estimate of drug-likeness (QED) is 0.458. The minimum absolute atomic E-state index is 0.339. The number of para-hydroxylation sites is 1. The lowest BCUT2D eigenvalue weighted by atomic mass is 9.72. The number of rotatable bonds is 3. The molecule has 1 aliphatic carbocycles. The Bertz CT molecular complexity index is 1200. The van der Waals surface area contributed by atoms with Gasteiger partial charge in [-0.05, 0) is 54.7 Å². The first kappa shape index (κ1) is 18.6. The molecule has 0 fully saturated rings. The van der Waals surface area contributed by atoms with Gasteiger partial charge < -0.3 is 4.74 Å². The van der Waals surface area contributed by atoms with E-state index in [4.69, 9.17) is 9.72 Å². The highest BCUT2D eigenvalue weighted by atomic mass is 32.1. The third kappa shape index (κ3) is 3.29. The lowest BCUT2D eigenvalue weighted by molar-refractivity contribution is 0.218. The molecule has 0 radical (unpaired) electrons. The van der Waals surface area contributed by atoms with Crippen LogP contribution in [0.3, 0.4) is 0 Å². The van der Waals surface area contributed by atoms with Crippen molar-refractivity contribution in [2.75, 3.05) is 0 Å². The summed E-state index contributed by atoms with van der Waals surface area (Å²) in [7, 11) is 0. The Hall–Kier alpha value is -2.47. The molecule has 0 N–H and O–H groups in total. The topological polar surface area (TPSA) is 52.3 Å². The summed E-state index contributed by atoms with van der Waals surface area (Å²) in [6.07, 6.45) is 5.25. The van der Waals surface area contributed by atoms with E-state index < -0.39 is 0 Å². The molecule has 0 saturated carbocycles. The Morgan fingerprint density at radius 2 is 2.07 bits per heavy atom. The molecule has 1 aliphatic rings. The van der Waals surface area contributed by atoms with Crippen molar-refractivity contribution in [3.05, 3.63) is 52.4 Å². The van der Waals surface area contributed by atoms with Crippen LogP contribution in [-0.4, -0.2) is 19.6 Å². The summed E-state index contributed by atoms with van der Waals surface area (Å²) in [5, 5.41) is 5.80. The van der Waals surface area contributed by atoms with E-state index in [0.29, 0.717) is 17.8 Å². The zero-order valence-corrected chi connectivity index (χ0v) is 18.2. The van der Waals surface area contributed by atoms with E-state index in [1.165, 1.54) is 22.2 Å². The molecule has 5 nitrogen and oxygen atoms in total. The third-order valence-electron chi connectivity index (χ3n) is 6.10. The van der Waals surface area contributed by atoms with Gasteiger partial charge in [0.05, 0.1) is 5.39 Å². The molecule has 3 heterocycles. The highest BCUT2D eigenvalue weighted by Crippen LogP contribution is 2.43. The summed E-state index contributed by atoms with van der Waals surface area (Å²) < 4.78 is 7.76.